The van der Waals surface area contributed by atoms with Gasteiger partial charge >= 0.3 is 0 Å². The van der Waals surface area contributed by atoms with Crippen LogP contribution < -0.4 is 5.32 Å². The van der Waals surface area contributed by atoms with Gasteiger partial charge in [0.05, 0.1) is 12.2 Å². The average molecular weight is 279 g/mol. The van der Waals surface area contributed by atoms with Gasteiger partial charge in [-0.25, -0.2) is 0 Å². The third-order valence-electron chi connectivity index (χ3n) is 4.82. The Morgan fingerprint density at radius 3 is 2.50 bits per heavy atom. The number of methoxy groups -OCH3 is 1. The van der Waals surface area contributed by atoms with E-state index in [1.807, 2.05) is 7.11 Å². The number of hydrogen-bond donors (Lipinski definition) is 1. The molecule has 2 aliphatic rings. The summed E-state index contributed by atoms with van der Waals surface area (Å²) in [5.41, 5.74) is -0.286. The highest BCUT2D eigenvalue weighted by Gasteiger charge is 2.34. The van der Waals surface area contributed by atoms with Crippen LogP contribution in [-0.2, 0) is 4.74 Å². The first kappa shape index (κ1) is 15.8. The number of hydrogen-bond acceptors (Lipinski definition) is 4. The highest BCUT2D eigenvalue weighted by molar-refractivity contribution is 5.09. The quantitative estimate of drug-likeness (QED) is 0.740. The van der Waals surface area contributed by atoms with Gasteiger partial charge < -0.3 is 9.64 Å². The number of rotatable bonds is 8. The van der Waals surface area contributed by atoms with Crippen molar-refractivity contribution in [2.24, 2.45) is 0 Å². The Hall–Kier alpha value is -0.630. The SMILES string of the molecule is CCC(C#N)(CCCN1CCC(OC)CC1)NC1CC1. The van der Waals surface area contributed by atoms with E-state index in [1.54, 1.807) is 0 Å². The predicted octanol–water partition coefficient (Wildman–Crippen LogP) is 2.30. The molecule has 0 aromatic heterocycles. The molecule has 2 rings (SSSR count). The molecule has 4 nitrogen and oxygen atoms in total. The minimum absolute atomic E-state index is 0.286. The second-order valence-electron chi connectivity index (χ2n) is 6.35. The van der Waals surface area contributed by atoms with E-state index in [2.05, 4.69) is 23.2 Å². The maximum atomic E-state index is 9.51. The normalized spacial score (nSPS) is 24.2. The molecule has 1 aliphatic heterocycles. The Balaban J connectivity index is 1.69. The number of nitriles is 1. The summed E-state index contributed by atoms with van der Waals surface area (Å²) in [5, 5.41) is 13.1. The topological polar surface area (TPSA) is 48.3 Å². The fraction of sp³-hybridized carbons (Fsp3) is 0.938. The Kier molecular flexibility index (Phi) is 5.83. The van der Waals surface area contributed by atoms with Crippen LogP contribution in [0.15, 0.2) is 0 Å². The van der Waals surface area contributed by atoms with Gasteiger partial charge in [0.1, 0.15) is 5.54 Å². The van der Waals surface area contributed by atoms with Gasteiger partial charge in [0.15, 0.2) is 0 Å². The van der Waals surface area contributed by atoms with Crippen LogP contribution in [0.4, 0.5) is 0 Å². The van der Waals surface area contributed by atoms with Crippen molar-refractivity contribution in [1.82, 2.24) is 10.2 Å². The lowest BCUT2D eigenvalue weighted by molar-refractivity contribution is 0.0403. The highest BCUT2D eigenvalue weighted by atomic mass is 16.5. The second-order valence-corrected chi connectivity index (χ2v) is 6.35. The zero-order chi connectivity index (χ0) is 14.4. The van der Waals surface area contributed by atoms with E-state index in [1.165, 1.54) is 12.8 Å². The summed E-state index contributed by atoms with van der Waals surface area (Å²) in [5.74, 6) is 0. The average Bonchev–Trinajstić information content (AvgIpc) is 3.31. The van der Waals surface area contributed by atoms with Crippen molar-refractivity contribution in [2.45, 2.75) is 69.6 Å². The molecular formula is C16H29N3O. The van der Waals surface area contributed by atoms with Gasteiger partial charge in [0, 0.05) is 26.2 Å². The monoisotopic (exact) mass is 279 g/mol. The van der Waals surface area contributed by atoms with Gasteiger partial charge in [0.25, 0.3) is 0 Å². The summed E-state index contributed by atoms with van der Waals surface area (Å²) in [6.45, 7) is 5.52. The fourth-order valence-corrected chi connectivity index (χ4v) is 3.11. The lowest BCUT2D eigenvalue weighted by Gasteiger charge is -2.32. The van der Waals surface area contributed by atoms with E-state index < -0.39 is 0 Å². The summed E-state index contributed by atoms with van der Waals surface area (Å²) in [6.07, 6.45) is 8.23. The van der Waals surface area contributed by atoms with E-state index in [9.17, 15) is 5.26 Å². The molecule has 114 valence electrons. The summed E-state index contributed by atoms with van der Waals surface area (Å²) in [4.78, 5) is 2.52. The van der Waals surface area contributed by atoms with E-state index in [0.717, 1.165) is 51.7 Å². The molecule has 0 radical (unpaired) electrons. The zero-order valence-corrected chi connectivity index (χ0v) is 13.0. The standard InChI is InChI=1S/C16H29N3O/c1-3-16(13-17,18-14-5-6-14)9-4-10-19-11-7-15(20-2)8-12-19/h14-15,18H,3-12H2,1-2H3. The molecule has 1 unspecified atom stereocenters. The molecule has 0 amide bonds. The van der Waals surface area contributed by atoms with Gasteiger partial charge in [-0.05, 0) is 51.5 Å². The summed E-state index contributed by atoms with van der Waals surface area (Å²) >= 11 is 0. The number of piperidine rings is 1. The highest BCUT2D eigenvalue weighted by Crippen LogP contribution is 2.27. The minimum Gasteiger partial charge on any atom is -0.381 e. The second kappa shape index (κ2) is 7.40. The molecule has 4 heteroatoms. The van der Waals surface area contributed by atoms with Crippen LogP contribution in [0.5, 0.6) is 0 Å². The minimum atomic E-state index is -0.286. The van der Waals surface area contributed by atoms with Crippen molar-refractivity contribution in [2.75, 3.05) is 26.7 Å². The van der Waals surface area contributed by atoms with Gasteiger partial charge in [-0.15, -0.1) is 0 Å². The van der Waals surface area contributed by atoms with Gasteiger partial charge in [0.2, 0.25) is 0 Å². The number of ether oxygens (including phenoxy) is 1. The lowest BCUT2D eigenvalue weighted by atomic mass is 9.91. The first-order chi connectivity index (χ1) is 9.71. The largest absolute Gasteiger partial charge is 0.381 e. The first-order valence-electron chi connectivity index (χ1n) is 8.15. The molecule has 0 spiro atoms. The van der Waals surface area contributed by atoms with Crippen molar-refractivity contribution in [1.29, 1.82) is 5.26 Å². The molecule has 1 saturated carbocycles. The maximum absolute atomic E-state index is 9.51. The van der Waals surface area contributed by atoms with Crippen LogP contribution in [0, 0.1) is 11.3 Å². The van der Waals surface area contributed by atoms with Crippen LogP contribution in [0.2, 0.25) is 0 Å². The molecule has 0 aromatic carbocycles. The van der Waals surface area contributed by atoms with Crippen molar-refractivity contribution in [3.05, 3.63) is 0 Å². The van der Waals surface area contributed by atoms with Crippen molar-refractivity contribution in [3.63, 3.8) is 0 Å². The van der Waals surface area contributed by atoms with Crippen molar-refractivity contribution in [3.8, 4) is 6.07 Å². The van der Waals surface area contributed by atoms with E-state index in [4.69, 9.17) is 4.74 Å². The fourth-order valence-electron chi connectivity index (χ4n) is 3.11. The van der Waals surface area contributed by atoms with Crippen LogP contribution in [0.25, 0.3) is 0 Å². The van der Waals surface area contributed by atoms with Gasteiger partial charge in [-0.2, -0.15) is 5.26 Å². The van der Waals surface area contributed by atoms with Gasteiger partial charge in [-0.3, -0.25) is 5.32 Å². The smallest absolute Gasteiger partial charge is 0.106 e. The lowest BCUT2D eigenvalue weighted by Crippen LogP contribution is -2.45. The van der Waals surface area contributed by atoms with Crippen molar-refractivity contribution >= 4 is 0 Å². The summed E-state index contributed by atoms with van der Waals surface area (Å²) in [6, 6.07) is 3.14. The van der Waals surface area contributed by atoms with Crippen molar-refractivity contribution < 1.29 is 4.74 Å². The molecule has 0 bridgehead atoms. The Labute approximate surface area is 123 Å². The molecule has 2 fully saturated rings. The van der Waals surface area contributed by atoms with E-state index in [-0.39, 0.29) is 5.54 Å². The predicted molar refractivity (Wildman–Crippen MR) is 80.5 cm³/mol. The van der Waals surface area contributed by atoms with E-state index in [0.29, 0.717) is 12.1 Å². The Morgan fingerprint density at radius 1 is 1.30 bits per heavy atom. The number of nitrogens with zero attached hydrogens (tertiary/aromatic N) is 2. The third kappa shape index (κ3) is 4.44. The Morgan fingerprint density at radius 2 is 2.00 bits per heavy atom. The molecule has 1 heterocycles. The number of nitrogens with one attached hydrogen (secondary N) is 1. The number of likely N-dealkylation sites (tertiary alicyclic amines) is 1. The van der Waals surface area contributed by atoms with Crippen LogP contribution in [0.3, 0.4) is 0 Å². The molecular weight excluding hydrogens is 250 g/mol. The van der Waals surface area contributed by atoms with Crippen LogP contribution in [0.1, 0.15) is 51.9 Å². The molecule has 0 aromatic rings. The first-order valence-corrected chi connectivity index (χ1v) is 8.15. The molecule has 1 atom stereocenters. The molecule has 1 aliphatic carbocycles. The van der Waals surface area contributed by atoms with Crippen LogP contribution >= 0.6 is 0 Å². The summed E-state index contributed by atoms with van der Waals surface area (Å²) in [7, 11) is 1.81. The van der Waals surface area contributed by atoms with E-state index >= 15 is 0 Å². The van der Waals surface area contributed by atoms with Gasteiger partial charge in [-0.1, -0.05) is 6.92 Å². The maximum Gasteiger partial charge on any atom is 0.106 e. The third-order valence-corrected chi connectivity index (χ3v) is 4.82. The van der Waals surface area contributed by atoms with Crippen LogP contribution in [-0.4, -0.2) is 49.3 Å². The Bertz CT molecular complexity index is 329. The molecule has 20 heavy (non-hydrogen) atoms. The molecule has 1 N–H and O–H groups in total. The zero-order valence-electron chi connectivity index (χ0n) is 13.0. The summed E-state index contributed by atoms with van der Waals surface area (Å²) < 4.78 is 5.40. The molecule has 1 saturated heterocycles.